The summed E-state index contributed by atoms with van der Waals surface area (Å²) in [5.41, 5.74) is 0. The van der Waals surface area contributed by atoms with E-state index in [1.165, 1.54) is 0 Å². The van der Waals surface area contributed by atoms with E-state index in [1.807, 2.05) is 0 Å². The molecule has 0 amide bonds. The van der Waals surface area contributed by atoms with Crippen molar-refractivity contribution in [1.29, 1.82) is 0 Å². The van der Waals surface area contributed by atoms with Crippen LogP contribution in [-0.4, -0.2) is 282 Å². The van der Waals surface area contributed by atoms with Crippen molar-refractivity contribution in [2.75, 3.05) is 0 Å². The molecule has 0 radical (unpaired) electrons. The lowest BCUT2D eigenvalue weighted by atomic mass is 15.7. The summed E-state index contributed by atoms with van der Waals surface area (Å²) in [6, 6.07) is 0. The van der Waals surface area contributed by atoms with Crippen LogP contribution in [0.4, 0.5) is 0 Å². The molecule has 0 unspecified atom stereocenters. The lowest BCUT2D eigenvalue weighted by molar-refractivity contribution is 0.115. The monoisotopic (exact) mass is 960 g/mol. The Bertz CT molecular complexity index is 391. The van der Waals surface area contributed by atoms with Crippen molar-refractivity contribution in [3.8, 4) is 0 Å². The third kappa shape index (κ3) is 340000. The second-order valence-corrected chi connectivity index (χ2v) is 18.0. The average Bonchev–Trinajstić information content (AvgIpc) is 2.34. The van der Waals surface area contributed by atoms with E-state index in [-0.39, 0.29) is 0 Å². The molecule has 0 bridgehead atoms. The summed E-state index contributed by atoms with van der Waals surface area (Å²) in [5.74, 6) is 0. The first-order valence-corrected chi connectivity index (χ1v) is 26.8. The zero-order valence-corrected chi connectivity index (χ0v) is 32.9. The van der Waals surface area contributed by atoms with Crippen LogP contribution in [0.5, 0.6) is 0 Å². The van der Waals surface area contributed by atoms with Gasteiger partial charge in [0.1, 0.15) is 0 Å². The van der Waals surface area contributed by atoms with Crippen molar-refractivity contribution in [2.24, 2.45) is 0 Å². The van der Waals surface area contributed by atoms with Gasteiger partial charge in [0.05, 0.1) is 0 Å². The molecule has 0 heterocycles. The minimum Gasteiger partial charge on any atom is -0.368 e. The van der Waals surface area contributed by atoms with Gasteiger partial charge in [-0.2, -0.15) is 0 Å². The van der Waals surface area contributed by atoms with Crippen LogP contribution >= 0.6 is 0 Å². The molecule has 0 rings (SSSR count). The average molecular weight is 961 g/mol. The van der Waals surface area contributed by atoms with E-state index < -0.39 is 90.5 Å². The Morgan fingerprint density at radius 2 is 0.0800 bits per heavy atom. The van der Waals surface area contributed by atoms with Crippen LogP contribution in [0.3, 0.4) is 0 Å². The molecule has 0 aliphatic carbocycles. The summed E-state index contributed by atoms with van der Waals surface area (Å²) < 4.78 is 0. The summed E-state index contributed by atoms with van der Waals surface area (Å²) in [6.07, 6.45) is 0. The van der Waals surface area contributed by atoms with Crippen LogP contribution in [0, 0.1) is 0 Å². The molecule has 50 heteroatoms. The highest BCUT2D eigenvalue weighted by atomic mass is 28.4. The zero-order chi connectivity index (χ0) is 45.0. The summed E-state index contributed by atoms with van der Waals surface area (Å²) in [5, 5.41) is 0. The highest BCUT2D eigenvalue weighted by Gasteiger charge is 2.25. The van der Waals surface area contributed by atoms with Crippen LogP contribution in [0.1, 0.15) is 0 Å². The van der Waals surface area contributed by atoms with Gasteiger partial charge in [-0.3, -0.25) is 0 Å². The third-order valence-corrected chi connectivity index (χ3v) is 0. The van der Waals surface area contributed by atoms with Gasteiger partial charge >= 0.3 is 90.5 Å². The van der Waals surface area contributed by atoms with Crippen molar-refractivity contribution in [1.82, 2.24) is 0 Å². The molecular formula is H40O40Si10. The molecule has 0 saturated heterocycles. The second kappa shape index (κ2) is 31.9. The van der Waals surface area contributed by atoms with Gasteiger partial charge < -0.3 is 192 Å². The normalized spacial score (nSPS) is 12.0. The SMILES string of the molecule is O[Si](O)(O)O.O[Si](O)(O)O.O[Si](O)(O)O.O[Si](O)(O)O.O[Si](O)(O)O.O[Si](O)(O)O.O[Si](O)(O)O.O[Si](O)(O)O.O[Si](O)(O)O.O[Si](O)(O)O. The maximum absolute atomic E-state index is 7.33. The van der Waals surface area contributed by atoms with Crippen LogP contribution < -0.4 is 0 Å². The molecule has 0 aromatic rings. The molecule has 0 aromatic carbocycles. The van der Waals surface area contributed by atoms with Crippen LogP contribution in [0.15, 0.2) is 0 Å². The van der Waals surface area contributed by atoms with Gasteiger partial charge in [-0.25, -0.2) is 0 Å². The van der Waals surface area contributed by atoms with E-state index in [0.717, 1.165) is 0 Å². The fraction of sp³-hybridized carbons (Fsp3) is 0. The standard InChI is InChI=1S/10H4O4Si/c10*1-5(2,3)4/h10*1-4H. The maximum atomic E-state index is 7.33. The van der Waals surface area contributed by atoms with Crippen molar-refractivity contribution < 1.29 is 192 Å². The quantitative estimate of drug-likeness (QED) is 0.100. The van der Waals surface area contributed by atoms with Gasteiger partial charge in [-0.1, -0.05) is 0 Å². The minimum absolute atomic E-state index is 4.61. The Morgan fingerprint density at radius 3 is 0.0800 bits per heavy atom. The van der Waals surface area contributed by atoms with Crippen molar-refractivity contribution in [3.63, 3.8) is 0 Å². The van der Waals surface area contributed by atoms with Crippen molar-refractivity contribution >= 4 is 90.5 Å². The van der Waals surface area contributed by atoms with Crippen LogP contribution in [-0.2, 0) is 0 Å². The zero-order valence-electron chi connectivity index (χ0n) is 22.9. The van der Waals surface area contributed by atoms with Crippen LogP contribution in [0.25, 0.3) is 0 Å². The first-order chi connectivity index (χ1) is 20.0. The van der Waals surface area contributed by atoms with Gasteiger partial charge in [0.15, 0.2) is 0 Å². The fourth-order valence-corrected chi connectivity index (χ4v) is 0. The Hall–Kier alpha value is 0.569. The van der Waals surface area contributed by atoms with E-state index in [1.54, 1.807) is 0 Å². The van der Waals surface area contributed by atoms with Crippen molar-refractivity contribution in [3.05, 3.63) is 0 Å². The van der Waals surface area contributed by atoms with Crippen LogP contribution in [0.2, 0.25) is 0 Å². The predicted octanol–water partition coefficient (Wildman–Crippen LogP) is -26.1. The smallest absolute Gasteiger partial charge is 0.368 e. The molecule has 40 N–H and O–H groups in total. The predicted molar refractivity (Wildman–Crippen MR) is 146 cm³/mol. The summed E-state index contributed by atoms with van der Waals surface area (Å²) in [4.78, 5) is 293. The molecule has 0 aromatic heterocycles. The Balaban J connectivity index is -0.0000000444. The summed E-state index contributed by atoms with van der Waals surface area (Å²) in [6.45, 7) is 0. The Kier molecular flexibility index (Phi) is 48.1. The third-order valence-electron chi connectivity index (χ3n) is 0. The van der Waals surface area contributed by atoms with Gasteiger partial charge in [0.2, 0.25) is 0 Å². The minimum atomic E-state index is -4.61. The molecule has 320 valence electrons. The molecule has 0 spiro atoms. The van der Waals surface area contributed by atoms with E-state index in [2.05, 4.69) is 0 Å². The summed E-state index contributed by atoms with van der Waals surface area (Å²) >= 11 is 0. The second-order valence-electron chi connectivity index (χ2n) is 6.00. The molecule has 40 nitrogen and oxygen atoms in total. The first kappa shape index (κ1) is 75.5. The van der Waals surface area contributed by atoms with Gasteiger partial charge in [0, 0.05) is 0 Å². The number of rotatable bonds is 0. The van der Waals surface area contributed by atoms with E-state index in [9.17, 15) is 0 Å². The Labute approximate surface area is 282 Å². The van der Waals surface area contributed by atoms with Gasteiger partial charge in [0.25, 0.3) is 0 Å². The first-order valence-electron chi connectivity index (χ1n) is 8.94. The van der Waals surface area contributed by atoms with Crippen molar-refractivity contribution in [2.45, 2.75) is 0 Å². The highest BCUT2D eigenvalue weighted by Crippen LogP contribution is 1.71. The topological polar surface area (TPSA) is 809 Å². The van der Waals surface area contributed by atoms with Gasteiger partial charge in [-0.05, 0) is 0 Å². The lowest BCUT2D eigenvalue weighted by Crippen LogP contribution is -2.33. The molecule has 0 aliphatic heterocycles. The molecule has 0 aliphatic rings. The molecular weight excluding hydrogens is 921 g/mol. The molecule has 50 heavy (non-hydrogen) atoms. The van der Waals surface area contributed by atoms with E-state index >= 15 is 0 Å². The lowest BCUT2D eigenvalue weighted by Gasteiger charge is -1.91. The maximum Gasteiger partial charge on any atom is 0.668 e. The highest BCUT2D eigenvalue weighted by molar-refractivity contribution is 6.49. The molecule has 0 atom stereocenters. The number of hydrogen-bond acceptors (Lipinski definition) is 40. The van der Waals surface area contributed by atoms with Gasteiger partial charge in [-0.15, -0.1) is 0 Å². The summed E-state index contributed by atoms with van der Waals surface area (Å²) in [7, 11) is -46.1. The van der Waals surface area contributed by atoms with E-state index in [4.69, 9.17) is 192 Å². The fourth-order valence-electron chi connectivity index (χ4n) is 0. The largest absolute Gasteiger partial charge is 0.668 e. The Morgan fingerprint density at radius 1 is 0.0800 bits per heavy atom. The molecule has 0 saturated carbocycles. The number of hydrogen-bond donors (Lipinski definition) is 40. The van der Waals surface area contributed by atoms with E-state index in [0.29, 0.717) is 0 Å². The molecule has 0 fully saturated rings.